The highest BCUT2D eigenvalue weighted by atomic mass is 19.2. The van der Waals surface area contributed by atoms with Crippen LogP contribution in [0.1, 0.15) is 52.0 Å². The number of benzene rings is 1. The van der Waals surface area contributed by atoms with Crippen LogP contribution in [-0.4, -0.2) is 42.8 Å². The summed E-state index contributed by atoms with van der Waals surface area (Å²) in [5.41, 5.74) is 0.148. The van der Waals surface area contributed by atoms with Crippen molar-refractivity contribution in [1.82, 2.24) is 10.2 Å². The third kappa shape index (κ3) is 6.84. The van der Waals surface area contributed by atoms with E-state index in [4.69, 9.17) is 9.47 Å². The van der Waals surface area contributed by atoms with Crippen molar-refractivity contribution >= 4 is 6.09 Å². The fourth-order valence-corrected chi connectivity index (χ4v) is 3.39. The predicted molar refractivity (Wildman–Crippen MR) is 107 cm³/mol. The quantitative estimate of drug-likeness (QED) is 0.720. The second kappa shape index (κ2) is 9.28. The Morgan fingerprint density at radius 1 is 1.10 bits per heavy atom. The smallest absolute Gasteiger partial charge is 0.410 e. The number of halogens is 2. The Bertz CT molecular complexity index is 709. The van der Waals surface area contributed by atoms with Gasteiger partial charge in [-0.3, -0.25) is 0 Å². The first kappa shape index (κ1) is 21.8. The molecule has 162 valence electrons. The van der Waals surface area contributed by atoms with Gasteiger partial charge in [0.1, 0.15) is 11.4 Å². The number of ether oxygens (including phenoxy) is 2. The molecule has 2 aliphatic rings. The van der Waals surface area contributed by atoms with Crippen LogP contribution >= 0.6 is 0 Å². The Balaban J connectivity index is 1.44. The molecule has 1 saturated carbocycles. The largest absolute Gasteiger partial charge is 0.493 e. The minimum atomic E-state index is -0.880. The van der Waals surface area contributed by atoms with Gasteiger partial charge in [-0.25, -0.2) is 13.6 Å². The number of carbonyl (C=O) groups excluding carboxylic acids is 1. The fourth-order valence-electron chi connectivity index (χ4n) is 3.39. The summed E-state index contributed by atoms with van der Waals surface area (Å²) >= 11 is 0. The van der Waals surface area contributed by atoms with Gasteiger partial charge in [-0.2, -0.15) is 0 Å². The number of nitrogens with one attached hydrogen (secondary N) is 1. The highest BCUT2D eigenvalue weighted by Crippen LogP contribution is 2.31. The number of piperidine rings is 1. The molecule has 0 spiro atoms. The van der Waals surface area contributed by atoms with Gasteiger partial charge in [-0.1, -0.05) is 0 Å². The first-order chi connectivity index (χ1) is 13.7. The fraction of sp³-hybridized carbons (Fsp3) is 0.682. The Hall–Kier alpha value is -1.89. The molecule has 7 heteroatoms. The van der Waals surface area contributed by atoms with E-state index in [0.29, 0.717) is 49.4 Å². The molecule has 0 bridgehead atoms. The average molecular weight is 411 g/mol. The zero-order valence-corrected chi connectivity index (χ0v) is 17.6. The van der Waals surface area contributed by atoms with Crippen LogP contribution in [0.3, 0.4) is 0 Å². The topological polar surface area (TPSA) is 50.8 Å². The van der Waals surface area contributed by atoms with Gasteiger partial charge in [0.15, 0.2) is 11.6 Å². The zero-order chi connectivity index (χ0) is 21.0. The number of rotatable bonds is 7. The molecule has 1 aliphatic carbocycles. The maximum absolute atomic E-state index is 13.7. The summed E-state index contributed by atoms with van der Waals surface area (Å²) < 4.78 is 38.4. The SMILES string of the molecule is CC(C)(C)OC(=O)N1CCC(CNCc2cc(F)c(F)cc2OCC2CC2)CC1. The third-order valence-corrected chi connectivity index (χ3v) is 5.29. The molecule has 1 aromatic carbocycles. The lowest BCUT2D eigenvalue weighted by atomic mass is 9.97. The van der Waals surface area contributed by atoms with Crippen LogP contribution in [0.5, 0.6) is 5.75 Å². The Labute approximate surface area is 171 Å². The number of amides is 1. The lowest BCUT2D eigenvalue weighted by molar-refractivity contribution is 0.0184. The van der Waals surface area contributed by atoms with Crippen molar-refractivity contribution in [2.45, 2.75) is 58.6 Å². The molecule has 1 aromatic rings. The van der Waals surface area contributed by atoms with Crippen molar-refractivity contribution < 1.29 is 23.0 Å². The number of carbonyl (C=O) groups is 1. The summed E-state index contributed by atoms with van der Waals surface area (Å²) in [5.74, 6) is -0.350. The lowest BCUT2D eigenvalue weighted by Crippen LogP contribution is -2.43. The van der Waals surface area contributed by atoms with Crippen molar-refractivity contribution in [3.05, 3.63) is 29.3 Å². The monoisotopic (exact) mass is 410 g/mol. The second-order valence-corrected chi connectivity index (χ2v) is 9.17. The molecular weight excluding hydrogens is 378 g/mol. The molecule has 1 saturated heterocycles. The van der Waals surface area contributed by atoms with Crippen molar-refractivity contribution in [2.24, 2.45) is 11.8 Å². The van der Waals surface area contributed by atoms with Gasteiger partial charge < -0.3 is 19.7 Å². The summed E-state index contributed by atoms with van der Waals surface area (Å²) in [5, 5.41) is 3.34. The molecule has 0 unspecified atom stereocenters. The summed E-state index contributed by atoms with van der Waals surface area (Å²) in [6.45, 7) is 8.66. The Kier molecular flexibility index (Phi) is 6.98. The average Bonchev–Trinajstić information content (AvgIpc) is 3.47. The maximum Gasteiger partial charge on any atom is 0.410 e. The molecule has 29 heavy (non-hydrogen) atoms. The van der Waals surface area contributed by atoms with Gasteiger partial charge in [-0.05, 0) is 70.9 Å². The van der Waals surface area contributed by atoms with E-state index in [9.17, 15) is 13.6 Å². The number of nitrogens with zero attached hydrogens (tertiary/aromatic N) is 1. The molecule has 1 heterocycles. The maximum atomic E-state index is 13.7. The highest BCUT2D eigenvalue weighted by Gasteiger charge is 2.27. The van der Waals surface area contributed by atoms with Gasteiger partial charge in [0.25, 0.3) is 0 Å². The van der Waals surface area contributed by atoms with Crippen molar-refractivity contribution in [3.8, 4) is 5.75 Å². The summed E-state index contributed by atoms with van der Waals surface area (Å²) in [7, 11) is 0. The van der Waals surface area contributed by atoms with Crippen LogP contribution in [-0.2, 0) is 11.3 Å². The van der Waals surface area contributed by atoms with Crippen molar-refractivity contribution in [1.29, 1.82) is 0 Å². The van der Waals surface area contributed by atoms with Crippen LogP contribution in [0, 0.1) is 23.5 Å². The third-order valence-electron chi connectivity index (χ3n) is 5.29. The van der Waals surface area contributed by atoms with E-state index in [0.717, 1.165) is 38.3 Å². The van der Waals surface area contributed by atoms with Gasteiger partial charge in [0, 0.05) is 31.3 Å². The van der Waals surface area contributed by atoms with Crippen LogP contribution in [0.15, 0.2) is 12.1 Å². The van der Waals surface area contributed by atoms with Gasteiger partial charge in [0.2, 0.25) is 0 Å². The molecular formula is C22H32F2N2O3. The minimum absolute atomic E-state index is 0.261. The van der Waals surface area contributed by atoms with Crippen LogP contribution in [0.2, 0.25) is 0 Å². The molecule has 1 N–H and O–H groups in total. The first-order valence-corrected chi connectivity index (χ1v) is 10.5. The highest BCUT2D eigenvalue weighted by molar-refractivity contribution is 5.68. The van der Waals surface area contributed by atoms with Gasteiger partial charge in [-0.15, -0.1) is 0 Å². The number of likely N-dealkylation sites (tertiary alicyclic amines) is 1. The molecule has 0 radical (unpaired) electrons. The van der Waals surface area contributed by atoms with Crippen LogP contribution < -0.4 is 10.1 Å². The molecule has 0 aromatic heterocycles. The van der Waals surface area contributed by atoms with E-state index in [1.165, 1.54) is 6.07 Å². The van der Waals surface area contributed by atoms with Gasteiger partial charge in [0.05, 0.1) is 6.61 Å². The van der Waals surface area contributed by atoms with E-state index < -0.39 is 17.2 Å². The predicted octanol–water partition coefficient (Wildman–Crippen LogP) is 4.49. The molecule has 1 aliphatic heterocycles. The molecule has 1 amide bonds. The van der Waals surface area contributed by atoms with E-state index in [1.54, 1.807) is 4.90 Å². The zero-order valence-electron chi connectivity index (χ0n) is 17.6. The van der Waals surface area contributed by atoms with Crippen molar-refractivity contribution in [3.63, 3.8) is 0 Å². The minimum Gasteiger partial charge on any atom is -0.493 e. The standard InChI is InChI=1S/C22H32F2N2O3/c1-22(2,3)29-21(27)26-8-6-15(7-9-26)12-25-13-17-10-18(23)19(24)11-20(17)28-14-16-4-5-16/h10-11,15-16,25H,4-9,12-14H2,1-3H3. The molecule has 3 rings (SSSR count). The van der Waals surface area contributed by atoms with E-state index >= 15 is 0 Å². The Morgan fingerprint density at radius 3 is 2.38 bits per heavy atom. The normalized spacial score (nSPS) is 18.0. The van der Waals surface area contributed by atoms with Gasteiger partial charge >= 0.3 is 6.09 Å². The number of hydrogen-bond donors (Lipinski definition) is 1. The lowest BCUT2D eigenvalue weighted by Gasteiger charge is -2.33. The Morgan fingerprint density at radius 2 is 1.76 bits per heavy atom. The summed E-state index contributed by atoms with van der Waals surface area (Å²) in [4.78, 5) is 13.9. The number of hydrogen-bond acceptors (Lipinski definition) is 4. The van der Waals surface area contributed by atoms with E-state index in [2.05, 4.69) is 5.32 Å². The molecule has 0 atom stereocenters. The molecule has 2 fully saturated rings. The summed E-state index contributed by atoms with van der Waals surface area (Å²) in [6.07, 6.45) is 3.78. The second-order valence-electron chi connectivity index (χ2n) is 9.17. The van der Waals surface area contributed by atoms with Crippen LogP contribution in [0.4, 0.5) is 13.6 Å². The van der Waals surface area contributed by atoms with E-state index in [-0.39, 0.29) is 6.09 Å². The molecule has 5 nitrogen and oxygen atoms in total. The summed E-state index contributed by atoms with van der Waals surface area (Å²) in [6, 6.07) is 2.36. The first-order valence-electron chi connectivity index (χ1n) is 10.5. The van der Waals surface area contributed by atoms with Crippen molar-refractivity contribution in [2.75, 3.05) is 26.2 Å². The van der Waals surface area contributed by atoms with Crippen LogP contribution in [0.25, 0.3) is 0 Å². The van der Waals surface area contributed by atoms with E-state index in [1.807, 2.05) is 20.8 Å².